The SMILES string of the molecule is O=C(O)c1c(Nc2ccc3[nH]ncc3c2)nc(N2CCOCC2)nc1-c1cnc2ccccc2c1. The summed E-state index contributed by atoms with van der Waals surface area (Å²) >= 11 is 0. The lowest BCUT2D eigenvalue weighted by Crippen LogP contribution is -2.37. The molecule has 0 unspecified atom stereocenters. The van der Waals surface area contributed by atoms with Crippen molar-refractivity contribution in [2.24, 2.45) is 0 Å². The molecule has 35 heavy (non-hydrogen) atoms. The van der Waals surface area contributed by atoms with Crippen LogP contribution in [0.5, 0.6) is 0 Å². The number of carboxylic acid groups (broad SMARTS) is 1. The van der Waals surface area contributed by atoms with Gasteiger partial charge in [-0.25, -0.2) is 9.78 Å². The minimum Gasteiger partial charge on any atom is -0.477 e. The molecule has 4 heterocycles. The summed E-state index contributed by atoms with van der Waals surface area (Å²) in [6.45, 7) is 2.33. The molecule has 10 nitrogen and oxygen atoms in total. The molecule has 1 saturated heterocycles. The van der Waals surface area contributed by atoms with Crippen molar-refractivity contribution in [2.75, 3.05) is 36.5 Å². The third-order valence-electron chi connectivity index (χ3n) is 5.97. The second-order valence-corrected chi connectivity index (χ2v) is 8.21. The molecule has 0 aliphatic carbocycles. The molecule has 5 aromatic rings. The standard InChI is InChI=1S/C25H21N7O3/c33-24(34)21-22(17-11-15-3-1-2-4-19(15)26-13-17)29-25(32-7-9-35-10-8-32)30-23(21)28-18-5-6-20-16(12-18)14-27-31-20/h1-6,11-14H,7-10H2,(H,27,31)(H,33,34)(H,28,29,30). The van der Waals surface area contributed by atoms with Gasteiger partial charge in [0.25, 0.3) is 0 Å². The van der Waals surface area contributed by atoms with Gasteiger partial charge in [-0.2, -0.15) is 10.1 Å². The molecule has 10 heteroatoms. The quantitative estimate of drug-likeness (QED) is 0.353. The number of anilines is 3. The maximum Gasteiger partial charge on any atom is 0.341 e. The van der Waals surface area contributed by atoms with Crippen LogP contribution in [-0.4, -0.2) is 62.5 Å². The highest BCUT2D eigenvalue weighted by Crippen LogP contribution is 2.32. The molecule has 1 aliphatic heterocycles. The van der Waals surface area contributed by atoms with Gasteiger partial charge < -0.3 is 20.1 Å². The van der Waals surface area contributed by atoms with Crippen LogP contribution in [0.3, 0.4) is 0 Å². The van der Waals surface area contributed by atoms with Gasteiger partial charge in [0.1, 0.15) is 5.56 Å². The molecule has 1 aliphatic rings. The second-order valence-electron chi connectivity index (χ2n) is 8.21. The summed E-state index contributed by atoms with van der Waals surface area (Å²) in [6.07, 6.45) is 3.37. The molecule has 0 radical (unpaired) electrons. The van der Waals surface area contributed by atoms with E-state index in [1.54, 1.807) is 12.4 Å². The number of pyridine rings is 1. The van der Waals surface area contributed by atoms with Crippen molar-refractivity contribution in [2.45, 2.75) is 0 Å². The van der Waals surface area contributed by atoms with Gasteiger partial charge in [-0.1, -0.05) is 18.2 Å². The van der Waals surface area contributed by atoms with Crippen molar-refractivity contribution >= 4 is 45.2 Å². The first kappa shape index (κ1) is 21.0. The van der Waals surface area contributed by atoms with E-state index >= 15 is 0 Å². The van der Waals surface area contributed by atoms with Gasteiger partial charge in [0.2, 0.25) is 5.95 Å². The number of morpholine rings is 1. The largest absolute Gasteiger partial charge is 0.477 e. The van der Waals surface area contributed by atoms with Crippen LogP contribution in [0.4, 0.5) is 17.5 Å². The van der Waals surface area contributed by atoms with E-state index in [0.717, 1.165) is 21.8 Å². The molecule has 0 amide bonds. The predicted octanol–water partition coefficient (Wildman–Crippen LogP) is 3.85. The predicted molar refractivity (Wildman–Crippen MR) is 132 cm³/mol. The molecular formula is C25H21N7O3. The van der Waals surface area contributed by atoms with Crippen LogP contribution >= 0.6 is 0 Å². The number of rotatable bonds is 5. The normalized spacial score (nSPS) is 13.9. The summed E-state index contributed by atoms with van der Waals surface area (Å²) in [5.41, 5.74) is 3.28. The summed E-state index contributed by atoms with van der Waals surface area (Å²) in [6, 6.07) is 15.2. The number of nitrogens with one attached hydrogen (secondary N) is 2. The fourth-order valence-electron chi connectivity index (χ4n) is 4.21. The monoisotopic (exact) mass is 467 g/mol. The number of carbonyl (C=O) groups is 1. The molecule has 3 aromatic heterocycles. The van der Waals surface area contributed by atoms with Crippen LogP contribution in [0.1, 0.15) is 10.4 Å². The summed E-state index contributed by atoms with van der Waals surface area (Å²) in [5.74, 6) is -0.484. The number of benzene rings is 2. The molecule has 0 saturated carbocycles. The first-order valence-electron chi connectivity index (χ1n) is 11.2. The van der Waals surface area contributed by atoms with Crippen LogP contribution in [0.2, 0.25) is 0 Å². The number of H-pyrrole nitrogens is 1. The number of fused-ring (bicyclic) bond motifs is 2. The van der Waals surface area contributed by atoms with Crippen LogP contribution in [-0.2, 0) is 4.74 Å². The maximum absolute atomic E-state index is 12.5. The molecule has 0 spiro atoms. The molecule has 0 atom stereocenters. The van der Waals surface area contributed by atoms with E-state index in [1.807, 2.05) is 53.4 Å². The first-order valence-corrected chi connectivity index (χ1v) is 11.2. The van der Waals surface area contributed by atoms with Crippen molar-refractivity contribution in [3.63, 3.8) is 0 Å². The highest BCUT2D eigenvalue weighted by atomic mass is 16.5. The Hall–Kier alpha value is -4.57. The van der Waals surface area contributed by atoms with Crippen molar-refractivity contribution in [1.29, 1.82) is 0 Å². The van der Waals surface area contributed by atoms with E-state index in [0.29, 0.717) is 49.2 Å². The molecule has 0 bridgehead atoms. The van der Waals surface area contributed by atoms with Gasteiger partial charge in [-0.15, -0.1) is 0 Å². The molecule has 2 aromatic carbocycles. The van der Waals surface area contributed by atoms with Crippen LogP contribution in [0.15, 0.2) is 60.9 Å². The Balaban J connectivity index is 1.53. The second kappa shape index (κ2) is 8.65. The van der Waals surface area contributed by atoms with Gasteiger partial charge in [0.05, 0.1) is 36.1 Å². The van der Waals surface area contributed by atoms with Gasteiger partial charge in [-0.3, -0.25) is 10.1 Å². The minimum atomic E-state index is -1.13. The average Bonchev–Trinajstić information content (AvgIpc) is 3.36. The van der Waals surface area contributed by atoms with Gasteiger partial charge in [0.15, 0.2) is 5.82 Å². The fourth-order valence-corrected chi connectivity index (χ4v) is 4.21. The Kier molecular flexibility index (Phi) is 5.19. The van der Waals surface area contributed by atoms with Crippen molar-refractivity contribution in [3.05, 3.63) is 66.5 Å². The van der Waals surface area contributed by atoms with Gasteiger partial charge >= 0.3 is 5.97 Å². The van der Waals surface area contributed by atoms with E-state index in [1.165, 1.54) is 0 Å². The van der Waals surface area contributed by atoms with Crippen LogP contribution < -0.4 is 10.2 Å². The highest BCUT2D eigenvalue weighted by molar-refractivity contribution is 6.01. The zero-order valence-corrected chi connectivity index (χ0v) is 18.6. The van der Waals surface area contributed by atoms with Crippen LogP contribution in [0.25, 0.3) is 33.1 Å². The number of para-hydroxylation sites is 1. The number of nitrogens with zero attached hydrogens (tertiary/aromatic N) is 5. The number of ether oxygens (including phenoxy) is 1. The number of hydrogen-bond donors (Lipinski definition) is 3. The van der Waals surface area contributed by atoms with Crippen molar-refractivity contribution in [3.8, 4) is 11.3 Å². The number of carboxylic acids is 1. The Labute approximate surface area is 199 Å². The van der Waals surface area contributed by atoms with Gasteiger partial charge in [-0.05, 0) is 30.3 Å². The number of hydrogen-bond acceptors (Lipinski definition) is 8. The summed E-state index contributed by atoms with van der Waals surface area (Å²) in [4.78, 5) is 28.4. The van der Waals surface area contributed by atoms with E-state index in [9.17, 15) is 9.90 Å². The third kappa shape index (κ3) is 4.00. The Morgan fingerprint density at radius 1 is 1.03 bits per heavy atom. The number of aromatic carboxylic acids is 1. The fraction of sp³-hybridized carbons (Fsp3) is 0.160. The molecule has 174 valence electrons. The average molecular weight is 467 g/mol. The van der Waals surface area contributed by atoms with E-state index in [-0.39, 0.29) is 11.4 Å². The number of aromatic amines is 1. The smallest absolute Gasteiger partial charge is 0.341 e. The minimum absolute atomic E-state index is 0.0219. The van der Waals surface area contributed by atoms with Crippen LogP contribution in [0, 0.1) is 0 Å². The molecule has 3 N–H and O–H groups in total. The number of aromatic nitrogens is 5. The lowest BCUT2D eigenvalue weighted by molar-refractivity contribution is 0.0698. The Morgan fingerprint density at radius 2 is 1.89 bits per heavy atom. The molecule has 1 fully saturated rings. The van der Waals surface area contributed by atoms with E-state index in [4.69, 9.17) is 9.72 Å². The van der Waals surface area contributed by atoms with E-state index < -0.39 is 5.97 Å². The van der Waals surface area contributed by atoms with Crippen molar-refractivity contribution < 1.29 is 14.6 Å². The zero-order chi connectivity index (χ0) is 23.8. The lowest BCUT2D eigenvalue weighted by atomic mass is 10.1. The van der Waals surface area contributed by atoms with Crippen molar-refractivity contribution in [1.82, 2.24) is 25.1 Å². The topological polar surface area (TPSA) is 129 Å². The Bertz CT molecular complexity index is 1560. The van der Waals surface area contributed by atoms with E-state index in [2.05, 4.69) is 25.5 Å². The zero-order valence-electron chi connectivity index (χ0n) is 18.6. The summed E-state index contributed by atoms with van der Waals surface area (Å²) < 4.78 is 5.48. The maximum atomic E-state index is 12.5. The Morgan fingerprint density at radius 3 is 2.74 bits per heavy atom. The molecule has 6 rings (SSSR count). The summed E-state index contributed by atoms with van der Waals surface area (Å²) in [7, 11) is 0. The lowest BCUT2D eigenvalue weighted by Gasteiger charge is -2.28. The summed E-state index contributed by atoms with van der Waals surface area (Å²) in [5, 5.41) is 22.2. The first-order chi connectivity index (χ1) is 17.2. The molecular weight excluding hydrogens is 446 g/mol. The highest BCUT2D eigenvalue weighted by Gasteiger charge is 2.25. The van der Waals surface area contributed by atoms with Gasteiger partial charge in [0, 0.05) is 41.3 Å². The third-order valence-corrected chi connectivity index (χ3v) is 5.97.